The van der Waals surface area contributed by atoms with Crippen LogP contribution in [0.2, 0.25) is 0 Å². The number of rotatable bonds is 5. The summed E-state index contributed by atoms with van der Waals surface area (Å²) in [6, 6.07) is 0. The molecule has 0 saturated heterocycles. The highest BCUT2D eigenvalue weighted by Crippen LogP contribution is 2.16. The molecule has 0 saturated carbocycles. The molecule has 0 aliphatic rings. The second-order valence-corrected chi connectivity index (χ2v) is 3.42. The standard InChI is InChI=1S/C8H16O4/c1-8(2,12-3)5-6(9)4-7(10)11/h6,9H,4-5H2,1-3H3,(H,10,11)/t6-/m0/s1. The van der Waals surface area contributed by atoms with E-state index in [2.05, 4.69) is 0 Å². The summed E-state index contributed by atoms with van der Waals surface area (Å²) >= 11 is 0. The molecule has 1 atom stereocenters. The Morgan fingerprint density at radius 2 is 2.08 bits per heavy atom. The van der Waals surface area contributed by atoms with E-state index in [-0.39, 0.29) is 6.42 Å². The molecule has 0 heterocycles. The van der Waals surface area contributed by atoms with Crippen molar-refractivity contribution >= 4 is 5.97 Å². The molecule has 4 nitrogen and oxygen atoms in total. The van der Waals surface area contributed by atoms with E-state index in [0.29, 0.717) is 6.42 Å². The quantitative estimate of drug-likeness (QED) is 0.645. The SMILES string of the molecule is COC(C)(C)C[C@@H](O)CC(=O)O. The van der Waals surface area contributed by atoms with Gasteiger partial charge in [-0.3, -0.25) is 4.79 Å². The van der Waals surface area contributed by atoms with E-state index in [1.54, 1.807) is 13.8 Å². The molecular weight excluding hydrogens is 160 g/mol. The van der Waals surface area contributed by atoms with E-state index in [1.165, 1.54) is 7.11 Å². The summed E-state index contributed by atoms with van der Waals surface area (Å²) in [5, 5.41) is 17.6. The molecule has 0 aromatic heterocycles. The molecule has 0 radical (unpaired) electrons. The number of aliphatic carboxylic acids is 1. The number of hydrogen-bond acceptors (Lipinski definition) is 3. The molecule has 0 aromatic carbocycles. The fraction of sp³-hybridized carbons (Fsp3) is 0.875. The van der Waals surface area contributed by atoms with Gasteiger partial charge in [0.2, 0.25) is 0 Å². The van der Waals surface area contributed by atoms with Gasteiger partial charge in [-0.15, -0.1) is 0 Å². The molecule has 0 fully saturated rings. The molecule has 0 bridgehead atoms. The molecule has 0 unspecified atom stereocenters. The lowest BCUT2D eigenvalue weighted by molar-refractivity contribution is -0.140. The Labute approximate surface area is 72.2 Å². The molecule has 0 spiro atoms. The van der Waals surface area contributed by atoms with Crippen molar-refractivity contribution in [3.05, 3.63) is 0 Å². The zero-order chi connectivity index (χ0) is 9.78. The van der Waals surface area contributed by atoms with Crippen LogP contribution in [0.1, 0.15) is 26.7 Å². The third-order valence-electron chi connectivity index (χ3n) is 1.69. The Morgan fingerprint density at radius 3 is 2.42 bits per heavy atom. The van der Waals surface area contributed by atoms with Crippen LogP contribution in [0, 0.1) is 0 Å². The number of aliphatic hydroxyl groups is 1. The maximum atomic E-state index is 10.2. The summed E-state index contributed by atoms with van der Waals surface area (Å²) in [6.45, 7) is 3.61. The summed E-state index contributed by atoms with van der Waals surface area (Å²) in [7, 11) is 1.54. The van der Waals surface area contributed by atoms with Crippen LogP contribution in [-0.4, -0.2) is 35.0 Å². The van der Waals surface area contributed by atoms with Gasteiger partial charge in [0.1, 0.15) is 0 Å². The van der Waals surface area contributed by atoms with Crippen LogP contribution in [0.5, 0.6) is 0 Å². The second kappa shape index (κ2) is 4.42. The minimum atomic E-state index is -0.991. The molecule has 0 aliphatic carbocycles. The number of ether oxygens (including phenoxy) is 1. The molecular formula is C8H16O4. The molecule has 2 N–H and O–H groups in total. The first-order chi connectivity index (χ1) is 5.37. The Balaban J connectivity index is 3.83. The van der Waals surface area contributed by atoms with Crippen LogP contribution >= 0.6 is 0 Å². The van der Waals surface area contributed by atoms with Gasteiger partial charge in [-0.2, -0.15) is 0 Å². The van der Waals surface area contributed by atoms with Crippen molar-refractivity contribution in [3.8, 4) is 0 Å². The lowest BCUT2D eigenvalue weighted by atomic mass is 9.99. The fourth-order valence-corrected chi connectivity index (χ4v) is 0.925. The second-order valence-electron chi connectivity index (χ2n) is 3.42. The van der Waals surface area contributed by atoms with E-state index in [1.807, 2.05) is 0 Å². The van der Waals surface area contributed by atoms with Gasteiger partial charge in [0, 0.05) is 13.5 Å². The Kier molecular flexibility index (Phi) is 4.20. The van der Waals surface area contributed by atoms with E-state index < -0.39 is 17.7 Å². The van der Waals surface area contributed by atoms with Crippen LogP contribution in [0.15, 0.2) is 0 Å². The molecule has 0 aliphatic heterocycles. The minimum Gasteiger partial charge on any atom is -0.481 e. The first kappa shape index (κ1) is 11.4. The van der Waals surface area contributed by atoms with Gasteiger partial charge in [0.05, 0.1) is 18.1 Å². The van der Waals surface area contributed by atoms with Crippen molar-refractivity contribution < 1.29 is 19.7 Å². The molecule has 4 heteroatoms. The highest BCUT2D eigenvalue weighted by atomic mass is 16.5. The third kappa shape index (κ3) is 5.09. The van der Waals surface area contributed by atoms with Crippen LogP contribution in [0.4, 0.5) is 0 Å². The van der Waals surface area contributed by atoms with Crippen molar-refractivity contribution in [3.63, 3.8) is 0 Å². The van der Waals surface area contributed by atoms with Gasteiger partial charge in [-0.05, 0) is 13.8 Å². The zero-order valence-corrected chi connectivity index (χ0v) is 7.70. The van der Waals surface area contributed by atoms with Crippen LogP contribution in [0.25, 0.3) is 0 Å². The van der Waals surface area contributed by atoms with Crippen molar-refractivity contribution in [2.45, 2.75) is 38.4 Å². The maximum absolute atomic E-state index is 10.2. The molecule has 0 rings (SSSR count). The maximum Gasteiger partial charge on any atom is 0.305 e. The number of carbonyl (C=O) groups is 1. The average Bonchev–Trinajstić information content (AvgIpc) is 1.84. The predicted octanol–water partition coefficient (Wildman–Crippen LogP) is 0.637. The fourth-order valence-electron chi connectivity index (χ4n) is 0.925. The topological polar surface area (TPSA) is 66.8 Å². The highest BCUT2D eigenvalue weighted by molar-refractivity contribution is 5.67. The Bertz CT molecular complexity index is 153. The summed E-state index contributed by atoms with van der Waals surface area (Å²) in [4.78, 5) is 10.2. The van der Waals surface area contributed by atoms with E-state index in [9.17, 15) is 9.90 Å². The average molecular weight is 176 g/mol. The van der Waals surface area contributed by atoms with E-state index >= 15 is 0 Å². The number of methoxy groups -OCH3 is 1. The van der Waals surface area contributed by atoms with Gasteiger partial charge in [-0.1, -0.05) is 0 Å². The number of carboxylic acid groups (broad SMARTS) is 1. The molecule has 0 aromatic rings. The molecule has 72 valence electrons. The lowest BCUT2D eigenvalue weighted by Gasteiger charge is -2.24. The largest absolute Gasteiger partial charge is 0.481 e. The van der Waals surface area contributed by atoms with E-state index in [4.69, 9.17) is 9.84 Å². The van der Waals surface area contributed by atoms with Gasteiger partial charge in [-0.25, -0.2) is 0 Å². The van der Waals surface area contributed by atoms with Gasteiger partial charge < -0.3 is 14.9 Å². The first-order valence-electron chi connectivity index (χ1n) is 3.82. The molecule has 12 heavy (non-hydrogen) atoms. The zero-order valence-electron chi connectivity index (χ0n) is 7.70. The lowest BCUT2D eigenvalue weighted by Crippen LogP contribution is -2.29. The van der Waals surface area contributed by atoms with Gasteiger partial charge >= 0.3 is 5.97 Å². The number of hydrogen-bond donors (Lipinski definition) is 2. The van der Waals surface area contributed by atoms with Gasteiger partial charge in [0.25, 0.3) is 0 Å². The predicted molar refractivity (Wildman–Crippen MR) is 44.0 cm³/mol. The summed E-state index contributed by atoms with van der Waals surface area (Å²) < 4.78 is 5.04. The number of carboxylic acids is 1. The molecule has 0 amide bonds. The first-order valence-corrected chi connectivity index (χ1v) is 3.82. The smallest absolute Gasteiger partial charge is 0.305 e. The normalized spacial score (nSPS) is 14.3. The van der Waals surface area contributed by atoms with Crippen LogP contribution < -0.4 is 0 Å². The van der Waals surface area contributed by atoms with Crippen molar-refractivity contribution in [1.82, 2.24) is 0 Å². The summed E-state index contributed by atoms with van der Waals surface area (Å²) in [6.07, 6.45) is -0.736. The summed E-state index contributed by atoms with van der Waals surface area (Å²) in [5.41, 5.74) is -0.463. The van der Waals surface area contributed by atoms with Crippen molar-refractivity contribution in [2.24, 2.45) is 0 Å². The monoisotopic (exact) mass is 176 g/mol. The Hall–Kier alpha value is -0.610. The highest BCUT2D eigenvalue weighted by Gasteiger charge is 2.22. The van der Waals surface area contributed by atoms with Crippen molar-refractivity contribution in [1.29, 1.82) is 0 Å². The van der Waals surface area contributed by atoms with E-state index in [0.717, 1.165) is 0 Å². The number of aliphatic hydroxyl groups excluding tert-OH is 1. The van der Waals surface area contributed by atoms with Crippen molar-refractivity contribution in [2.75, 3.05) is 7.11 Å². The third-order valence-corrected chi connectivity index (χ3v) is 1.69. The Morgan fingerprint density at radius 1 is 1.58 bits per heavy atom. The van der Waals surface area contributed by atoms with Crippen LogP contribution in [-0.2, 0) is 9.53 Å². The summed E-state index contributed by atoms with van der Waals surface area (Å²) in [5.74, 6) is -0.991. The van der Waals surface area contributed by atoms with Gasteiger partial charge in [0.15, 0.2) is 0 Å². The van der Waals surface area contributed by atoms with Crippen LogP contribution in [0.3, 0.4) is 0 Å². The minimum absolute atomic E-state index is 0.229.